The summed E-state index contributed by atoms with van der Waals surface area (Å²) < 4.78 is 6.37. The molecule has 3 heteroatoms. The molecule has 6 atom stereocenters. The van der Waals surface area contributed by atoms with E-state index in [2.05, 4.69) is 27.7 Å². The molecule has 0 aliphatic heterocycles. The minimum Gasteiger partial charge on any atom is -0.462 e. The van der Waals surface area contributed by atoms with Crippen LogP contribution in [0.3, 0.4) is 0 Å². The molecular formula is C29H46O3. The minimum absolute atomic E-state index is 0.0903. The number of ketones is 1. The van der Waals surface area contributed by atoms with E-state index in [0.717, 1.165) is 70.1 Å². The van der Waals surface area contributed by atoms with Gasteiger partial charge in [-0.05, 0) is 87.0 Å². The molecule has 0 radical (unpaired) electrons. The summed E-state index contributed by atoms with van der Waals surface area (Å²) in [7, 11) is 0. The molecule has 0 heterocycles. The quantitative estimate of drug-likeness (QED) is 0.367. The number of esters is 1. The monoisotopic (exact) mass is 442 g/mol. The van der Waals surface area contributed by atoms with E-state index in [1.807, 2.05) is 6.08 Å². The lowest BCUT2D eigenvalue weighted by molar-refractivity contribution is -0.165. The third-order valence-electron chi connectivity index (χ3n) is 10.3. The molecule has 0 unspecified atom stereocenters. The van der Waals surface area contributed by atoms with Crippen molar-refractivity contribution in [3.05, 3.63) is 11.6 Å². The molecular weight excluding hydrogens is 396 g/mol. The molecule has 3 nitrogen and oxygen atoms in total. The van der Waals surface area contributed by atoms with Crippen molar-refractivity contribution in [3.63, 3.8) is 0 Å². The second-order valence-corrected chi connectivity index (χ2v) is 12.0. The molecule has 4 aliphatic rings. The van der Waals surface area contributed by atoms with Crippen LogP contribution in [0, 0.1) is 34.5 Å². The zero-order valence-corrected chi connectivity index (χ0v) is 21.1. The van der Waals surface area contributed by atoms with Crippen LogP contribution < -0.4 is 0 Å². The van der Waals surface area contributed by atoms with Crippen LogP contribution in [0.15, 0.2) is 11.6 Å². The van der Waals surface area contributed by atoms with Crippen molar-refractivity contribution in [2.75, 3.05) is 0 Å². The fourth-order valence-corrected chi connectivity index (χ4v) is 8.22. The molecule has 32 heavy (non-hydrogen) atoms. The summed E-state index contributed by atoms with van der Waals surface area (Å²) >= 11 is 0. The van der Waals surface area contributed by atoms with E-state index in [-0.39, 0.29) is 28.8 Å². The number of rotatable bonds is 8. The van der Waals surface area contributed by atoms with E-state index in [9.17, 15) is 9.59 Å². The van der Waals surface area contributed by atoms with Gasteiger partial charge in [-0.1, -0.05) is 59.0 Å². The second kappa shape index (κ2) is 9.63. The highest BCUT2D eigenvalue weighted by Crippen LogP contribution is 2.65. The minimum atomic E-state index is 0.0903. The van der Waals surface area contributed by atoms with Crippen LogP contribution in [0.2, 0.25) is 0 Å². The average molecular weight is 443 g/mol. The Morgan fingerprint density at radius 1 is 1.00 bits per heavy atom. The van der Waals surface area contributed by atoms with Gasteiger partial charge in [-0.15, -0.1) is 0 Å². The Bertz CT molecular complexity index is 731. The number of carbonyl (C=O) groups excluding carboxylic acids is 2. The third-order valence-corrected chi connectivity index (χ3v) is 10.3. The molecule has 0 saturated heterocycles. The van der Waals surface area contributed by atoms with Crippen molar-refractivity contribution in [1.82, 2.24) is 0 Å². The molecule has 3 saturated carbocycles. The first-order valence-corrected chi connectivity index (χ1v) is 13.8. The van der Waals surface area contributed by atoms with Crippen LogP contribution in [0.25, 0.3) is 0 Å². The van der Waals surface area contributed by atoms with E-state index in [1.54, 1.807) is 0 Å². The van der Waals surface area contributed by atoms with Crippen LogP contribution in [-0.4, -0.2) is 17.9 Å². The smallest absolute Gasteiger partial charge is 0.309 e. The van der Waals surface area contributed by atoms with Gasteiger partial charge in [0.15, 0.2) is 5.78 Å². The average Bonchev–Trinajstić information content (AvgIpc) is 3.10. The Labute approximate surface area is 196 Å². The maximum atomic E-state index is 13.2. The van der Waals surface area contributed by atoms with Crippen molar-refractivity contribution in [3.8, 4) is 0 Å². The Kier molecular flexibility index (Phi) is 7.23. The van der Waals surface area contributed by atoms with Crippen molar-refractivity contribution >= 4 is 11.8 Å². The maximum absolute atomic E-state index is 13.2. The highest BCUT2D eigenvalue weighted by atomic mass is 16.5. The van der Waals surface area contributed by atoms with E-state index < -0.39 is 0 Å². The molecule has 4 aliphatic carbocycles. The normalized spacial score (nSPS) is 38.7. The van der Waals surface area contributed by atoms with Crippen molar-refractivity contribution < 1.29 is 14.3 Å². The summed E-state index contributed by atoms with van der Waals surface area (Å²) in [6, 6.07) is 0. The molecule has 180 valence electrons. The van der Waals surface area contributed by atoms with E-state index in [1.165, 1.54) is 31.3 Å². The fourth-order valence-electron chi connectivity index (χ4n) is 8.22. The molecule has 0 spiro atoms. The van der Waals surface area contributed by atoms with E-state index >= 15 is 0 Å². The predicted octanol–water partition coefficient (Wildman–Crippen LogP) is 7.43. The second-order valence-electron chi connectivity index (χ2n) is 12.0. The largest absolute Gasteiger partial charge is 0.462 e. The number of unbranched alkanes of at least 4 members (excludes halogenated alkanes) is 2. The van der Waals surface area contributed by atoms with Gasteiger partial charge in [0.05, 0.1) is 5.92 Å². The zero-order chi connectivity index (χ0) is 22.9. The van der Waals surface area contributed by atoms with E-state index in [4.69, 9.17) is 4.74 Å². The van der Waals surface area contributed by atoms with Crippen LogP contribution in [-0.2, 0) is 14.3 Å². The number of hydrogen-bond acceptors (Lipinski definition) is 3. The molecule has 0 aromatic heterocycles. The van der Waals surface area contributed by atoms with Gasteiger partial charge >= 0.3 is 5.97 Å². The lowest BCUT2D eigenvalue weighted by Gasteiger charge is -2.57. The first kappa shape index (κ1) is 24.0. The van der Waals surface area contributed by atoms with Crippen molar-refractivity contribution in [1.29, 1.82) is 0 Å². The maximum Gasteiger partial charge on any atom is 0.309 e. The van der Waals surface area contributed by atoms with Gasteiger partial charge in [-0.25, -0.2) is 0 Å². The van der Waals surface area contributed by atoms with Gasteiger partial charge in [0, 0.05) is 11.8 Å². The number of ether oxygens (including phenoxy) is 1. The SMILES string of the molecule is CCCCC(CCCC)C(=O)O[C@H]1CC[C@H]2[C@@H]3CCC4=CC(=O)CC[C@]4(C)[C@H]3CC[C@]12C. The number of allylic oxidation sites excluding steroid dienone is 1. The Balaban J connectivity index is 1.46. The van der Waals surface area contributed by atoms with Crippen LogP contribution in [0.1, 0.15) is 118 Å². The van der Waals surface area contributed by atoms with Crippen molar-refractivity contribution in [2.45, 2.75) is 124 Å². The number of hydrogen-bond donors (Lipinski definition) is 0. The number of fused-ring (bicyclic) bond motifs is 5. The van der Waals surface area contributed by atoms with E-state index in [0.29, 0.717) is 17.6 Å². The van der Waals surface area contributed by atoms with Crippen molar-refractivity contribution in [2.24, 2.45) is 34.5 Å². The summed E-state index contributed by atoms with van der Waals surface area (Å²) in [4.78, 5) is 25.3. The molecule has 4 rings (SSSR count). The van der Waals surface area contributed by atoms with Gasteiger partial charge in [0.1, 0.15) is 6.10 Å². The highest BCUT2D eigenvalue weighted by Gasteiger charge is 2.60. The third kappa shape index (κ3) is 4.23. The van der Waals surface area contributed by atoms with Gasteiger partial charge in [-0.2, -0.15) is 0 Å². The van der Waals surface area contributed by atoms with Crippen LogP contribution >= 0.6 is 0 Å². The molecule has 0 aromatic carbocycles. The van der Waals surface area contributed by atoms with Crippen LogP contribution in [0.5, 0.6) is 0 Å². The van der Waals surface area contributed by atoms with Gasteiger partial charge in [0.2, 0.25) is 0 Å². The molecule has 3 fully saturated rings. The first-order chi connectivity index (χ1) is 15.3. The Morgan fingerprint density at radius 2 is 1.72 bits per heavy atom. The summed E-state index contributed by atoms with van der Waals surface area (Å²) in [6.45, 7) is 9.29. The predicted molar refractivity (Wildman–Crippen MR) is 129 cm³/mol. The fraction of sp³-hybridized carbons (Fsp3) is 0.862. The first-order valence-electron chi connectivity index (χ1n) is 13.8. The van der Waals surface area contributed by atoms with Gasteiger partial charge in [-0.3, -0.25) is 9.59 Å². The molecule has 0 N–H and O–H groups in total. The standard InChI is InChI=1S/C29H46O3/c1-5-7-9-20(10-8-6-2)27(31)32-26-14-13-24-23-12-11-21-19-22(30)15-17-28(21,3)25(23)16-18-29(24,26)4/h19-20,23-26H,5-18H2,1-4H3/t23-,24-,25-,26-,28-,29-/m0/s1. The summed E-state index contributed by atoms with van der Waals surface area (Å²) in [5.74, 6) is 2.61. The number of carbonyl (C=O) groups is 2. The summed E-state index contributed by atoms with van der Waals surface area (Å²) in [5, 5.41) is 0. The highest BCUT2D eigenvalue weighted by molar-refractivity contribution is 5.91. The lowest BCUT2D eigenvalue weighted by Crippen LogP contribution is -2.51. The van der Waals surface area contributed by atoms with Crippen LogP contribution in [0.4, 0.5) is 0 Å². The Hall–Kier alpha value is -1.12. The molecule has 0 aromatic rings. The lowest BCUT2D eigenvalue weighted by atomic mass is 9.47. The summed E-state index contributed by atoms with van der Waals surface area (Å²) in [6.07, 6.45) is 17.3. The van der Waals surface area contributed by atoms with Gasteiger partial charge in [0.25, 0.3) is 0 Å². The molecule has 0 bridgehead atoms. The molecule has 0 amide bonds. The Morgan fingerprint density at radius 3 is 2.41 bits per heavy atom. The van der Waals surface area contributed by atoms with Gasteiger partial charge < -0.3 is 4.74 Å². The zero-order valence-electron chi connectivity index (χ0n) is 21.1. The topological polar surface area (TPSA) is 43.4 Å². The summed E-state index contributed by atoms with van der Waals surface area (Å²) in [5.41, 5.74) is 1.80.